The van der Waals surface area contributed by atoms with Crippen LogP contribution in [-0.4, -0.2) is 34.6 Å². The highest BCUT2D eigenvalue weighted by atomic mass is 32.1. The molecular weight excluding hydrogens is 431 g/mol. The highest BCUT2D eigenvalue weighted by molar-refractivity contribution is 7.22. The number of carbonyl (C=O) groups excluding carboxylic acids is 1. The first-order valence-corrected chi connectivity index (χ1v) is 10.6. The fraction of sp³-hybridized carbons (Fsp3) is 0.217. The van der Waals surface area contributed by atoms with Crippen molar-refractivity contribution >= 4 is 38.3 Å². The molecule has 4 rings (SSSR count). The Kier molecular flexibility index (Phi) is 6.00. The molecule has 1 N–H and O–H groups in total. The Morgan fingerprint density at radius 2 is 1.81 bits per heavy atom. The fourth-order valence-corrected chi connectivity index (χ4v) is 3.81. The molecule has 0 saturated heterocycles. The van der Waals surface area contributed by atoms with Gasteiger partial charge in [0.05, 0.1) is 22.7 Å². The molecule has 164 valence electrons. The summed E-state index contributed by atoms with van der Waals surface area (Å²) in [5, 5.41) is 3.93. The lowest BCUT2D eigenvalue weighted by Crippen LogP contribution is -2.32. The summed E-state index contributed by atoms with van der Waals surface area (Å²) >= 11 is 1.46. The zero-order chi connectivity index (χ0) is 22.7. The van der Waals surface area contributed by atoms with Crippen LogP contribution in [0.3, 0.4) is 0 Å². The van der Waals surface area contributed by atoms with Gasteiger partial charge in [-0.25, -0.2) is 19.3 Å². The lowest BCUT2D eigenvalue weighted by Gasteiger charge is -2.20. The first-order chi connectivity index (χ1) is 15.3. The number of halogens is 1. The van der Waals surface area contributed by atoms with Gasteiger partial charge in [0.1, 0.15) is 12.4 Å². The lowest BCUT2D eigenvalue weighted by atomic mass is 9.95. The molecule has 0 saturated carbocycles. The SMILES string of the molecule is COC(=O)C(C)(C)COc1ncc(-c2ccc(Nc3nc4cc(F)ccc4s3)cc2)cn1. The number of ether oxygens (including phenoxy) is 2. The number of hydrogen-bond donors (Lipinski definition) is 1. The molecule has 0 unspecified atom stereocenters. The number of esters is 1. The number of nitrogens with zero attached hydrogens (tertiary/aromatic N) is 3. The van der Waals surface area contributed by atoms with E-state index in [0.29, 0.717) is 10.6 Å². The maximum Gasteiger partial charge on any atom is 0.316 e. The molecule has 0 spiro atoms. The molecule has 0 aliphatic rings. The van der Waals surface area contributed by atoms with Crippen LogP contribution >= 0.6 is 11.3 Å². The second-order valence-corrected chi connectivity index (χ2v) is 8.78. The maximum absolute atomic E-state index is 13.4. The van der Waals surface area contributed by atoms with E-state index < -0.39 is 5.41 Å². The zero-order valence-corrected chi connectivity index (χ0v) is 18.6. The van der Waals surface area contributed by atoms with E-state index in [1.54, 1.807) is 32.3 Å². The van der Waals surface area contributed by atoms with Gasteiger partial charge in [0.25, 0.3) is 0 Å². The molecule has 0 fully saturated rings. The van der Waals surface area contributed by atoms with Crippen molar-refractivity contribution in [1.29, 1.82) is 0 Å². The van der Waals surface area contributed by atoms with E-state index in [9.17, 15) is 9.18 Å². The normalized spacial score (nSPS) is 11.4. The molecular formula is C23H21FN4O3S. The summed E-state index contributed by atoms with van der Waals surface area (Å²) in [6.07, 6.45) is 3.33. The average Bonchev–Trinajstić information content (AvgIpc) is 3.19. The monoisotopic (exact) mass is 452 g/mol. The van der Waals surface area contributed by atoms with Gasteiger partial charge in [0, 0.05) is 29.7 Å². The summed E-state index contributed by atoms with van der Waals surface area (Å²) in [6.45, 7) is 3.57. The van der Waals surface area contributed by atoms with Crippen LogP contribution < -0.4 is 10.1 Å². The number of anilines is 2. The van der Waals surface area contributed by atoms with Crippen molar-refractivity contribution in [1.82, 2.24) is 15.0 Å². The summed E-state index contributed by atoms with van der Waals surface area (Å²) in [5.41, 5.74) is 2.45. The van der Waals surface area contributed by atoms with Gasteiger partial charge in [0.2, 0.25) is 0 Å². The highest BCUT2D eigenvalue weighted by Gasteiger charge is 2.30. The summed E-state index contributed by atoms with van der Waals surface area (Å²) < 4.78 is 24.6. The van der Waals surface area contributed by atoms with E-state index in [-0.39, 0.29) is 24.4 Å². The number of methoxy groups -OCH3 is 1. The Bertz CT molecular complexity index is 1240. The van der Waals surface area contributed by atoms with E-state index in [4.69, 9.17) is 9.47 Å². The number of carbonyl (C=O) groups is 1. The number of fused-ring (bicyclic) bond motifs is 1. The van der Waals surface area contributed by atoms with E-state index in [1.807, 2.05) is 24.3 Å². The van der Waals surface area contributed by atoms with E-state index in [2.05, 4.69) is 20.3 Å². The van der Waals surface area contributed by atoms with Crippen molar-refractivity contribution in [2.24, 2.45) is 5.41 Å². The van der Waals surface area contributed by atoms with Crippen molar-refractivity contribution < 1.29 is 18.7 Å². The van der Waals surface area contributed by atoms with E-state index in [1.165, 1.54) is 30.6 Å². The number of thiazole rings is 1. The third-order valence-corrected chi connectivity index (χ3v) is 5.70. The van der Waals surface area contributed by atoms with Crippen LogP contribution in [0.5, 0.6) is 6.01 Å². The van der Waals surface area contributed by atoms with Gasteiger partial charge in [-0.2, -0.15) is 0 Å². The Morgan fingerprint density at radius 1 is 1.09 bits per heavy atom. The van der Waals surface area contributed by atoms with E-state index in [0.717, 1.165) is 21.5 Å². The minimum absolute atomic E-state index is 0.109. The van der Waals surface area contributed by atoms with Crippen molar-refractivity contribution in [2.45, 2.75) is 13.8 Å². The van der Waals surface area contributed by atoms with Crippen molar-refractivity contribution in [2.75, 3.05) is 19.0 Å². The van der Waals surface area contributed by atoms with Crippen LogP contribution in [0.1, 0.15) is 13.8 Å². The lowest BCUT2D eigenvalue weighted by molar-refractivity contribution is -0.152. The molecule has 0 aliphatic carbocycles. The average molecular weight is 453 g/mol. The number of benzene rings is 2. The molecule has 2 heterocycles. The summed E-state index contributed by atoms with van der Waals surface area (Å²) in [4.78, 5) is 24.6. The number of hydrogen-bond acceptors (Lipinski definition) is 8. The number of nitrogens with one attached hydrogen (secondary N) is 1. The molecule has 0 atom stereocenters. The van der Waals surface area contributed by atoms with Crippen LogP contribution in [0, 0.1) is 11.2 Å². The van der Waals surface area contributed by atoms with E-state index >= 15 is 0 Å². The molecule has 2 aromatic carbocycles. The van der Waals surface area contributed by atoms with Crippen LogP contribution in [0.2, 0.25) is 0 Å². The predicted octanol–water partition coefficient (Wildman–Crippen LogP) is 5.21. The summed E-state index contributed by atoms with van der Waals surface area (Å²) in [6, 6.07) is 12.5. The van der Waals surface area contributed by atoms with Crippen LogP contribution in [-0.2, 0) is 9.53 Å². The molecule has 32 heavy (non-hydrogen) atoms. The zero-order valence-electron chi connectivity index (χ0n) is 17.8. The van der Waals surface area contributed by atoms with Crippen LogP contribution in [0.15, 0.2) is 54.9 Å². The van der Waals surface area contributed by atoms with Gasteiger partial charge in [-0.15, -0.1) is 0 Å². The van der Waals surface area contributed by atoms with Crippen LogP contribution in [0.25, 0.3) is 21.3 Å². The quantitative estimate of drug-likeness (QED) is 0.385. The van der Waals surface area contributed by atoms with Crippen LogP contribution in [0.4, 0.5) is 15.2 Å². The standard InChI is InChI=1S/C23H21FN4O3S/c1-23(2,20(29)30-3)13-31-21-25-11-15(12-26-21)14-4-7-17(8-5-14)27-22-28-18-10-16(24)6-9-19(18)32-22/h4-12H,13H2,1-3H3,(H,27,28). The molecule has 0 aliphatic heterocycles. The minimum atomic E-state index is -0.795. The second kappa shape index (κ2) is 8.88. The summed E-state index contributed by atoms with van der Waals surface area (Å²) in [7, 11) is 1.34. The molecule has 7 nitrogen and oxygen atoms in total. The molecule has 9 heteroatoms. The number of rotatable bonds is 7. The van der Waals surface area contributed by atoms with Gasteiger partial charge in [-0.1, -0.05) is 23.5 Å². The highest BCUT2D eigenvalue weighted by Crippen LogP contribution is 2.29. The predicted molar refractivity (Wildman–Crippen MR) is 122 cm³/mol. The Hall–Kier alpha value is -3.59. The minimum Gasteiger partial charge on any atom is -0.469 e. The largest absolute Gasteiger partial charge is 0.469 e. The molecule has 2 aromatic heterocycles. The Morgan fingerprint density at radius 3 is 2.50 bits per heavy atom. The van der Waals surface area contributed by atoms with Gasteiger partial charge in [-0.05, 0) is 43.7 Å². The van der Waals surface area contributed by atoms with Gasteiger partial charge < -0.3 is 14.8 Å². The first kappa shape index (κ1) is 21.6. The molecule has 0 bridgehead atoms. The first-order valence-electron chi connectivity index (χ1n) is 9.81. The Labute approximate surface area is 188 Å². The smallest absolute Gasteiger partial charge is 0.316 e. The maximum atomic E-state index is 13.4. The van der Waals surface area contributed by atoms with Gasteiger partial charge in [0.15, 0.2) is 5.13 Å². The third kappa shape index (κ3) is 4.83. The van der Waals surface area contributed by atoms with Gasteiger partial charge in [-0.3, -0.25) is 4.79 Å². The molecule has 0 amide bonds. The van der Waals surface area contributed by atoms with Crippen molar-refractivity contribution in [3.63, 3.8) is 0 Å². The fourth-order valence-electron chi connectivity index (χ4n) is 2.94. The van der Waals surface area contributed by atoms with Crippen molar-refractivity contribution in [3.8, 4) is 17.1 Å². The second-order valence-electron chi connectivity index (χ2n) is 7.75. The summed E-state index contributed by atoms with van der Waals surface area (Å²) in [5.74, 6) is -0.662. The topological polar surface area (TPSA) is 86.2 Å². The Balaban J connectivity index is 1.40. The number of aromatic nitrogens is 3. The molecule has 4 aromatic rings. The van der Waals surface area contributed by atoms with Gasteiger partial charge >= 0.3 is 12.0 Å². The van der Waals surface area contributed by atoms with Crippen molar-refractivity contribution in [3.05, 3.63) is 60.7 Å². The molecule has 0 radical (unpaired) electrons. The third-order valence-electron chi connectivity index (χ3n) is 4.75.